The summed E-state index contributed by atoms with van der Waals surface area (Å²) in [5.74, 6) is 0.181. The van der Waals surface area contributed by atoms with Gasteiger partial charge in [0.25, 0.3) is 0 Å². The van der Waals surface area contributed by atoms with Gasteiger partial charge < -0.3 is 5.32 Å². The van der Waals surface area contributed by atoms with Gasteiger partial charge in [-0.3, -0.25) is 0 Å². The number of piperidine rings is 1. The summed E-state index contributed by atoms with van der Waals surface area (Å²) in [6.07, 6.45) is 0.893. The second kappa shape index (κ2) is 6.35. The van der Waals surface area contributed by atoms with Gasteiger partial charge in [-0.25, -0.2) is 4.39 Å². The lowest BCUT2D eigenvalue weighted by atomic mass is 9.77. The zero-order valence-electron chi connectivity index (χ0n) is 11.5. The Morgan fingerprint density at radius 3 is 2.43 bits per heavy atom. The first kappa shape index (κ1) is 14.8. The molecule has 1 aliphatic rings. The molecule has 21 heavy (non-hydrogen) atoms. The third-order valence-corrected chi connectivity index (χ3v) is 4.62. The van der Waals surface area contributed by atoms with Crippen LogP contribution in [-0.4, -0.2) is 13.1 Å². The van der Waals surface area contributed by atoms with Gasteiger partial charge in [0.1, 0.15) is 5.82 Å². The number of hydrogen-bond acceptors (Lipinski definition) is 1. The van der Waals surface area contributed by atoms with Crippen LogP contribution in [0.3, 0.4) is 0 Å². The molecule has 2 aromatic carbocycles. The van der Waals surface area contributed by atoms with Gasteiger partial charge in [0, 0.05) is 22.5 Å². The first-order valence-corrected chi connectivity index (χ1v) is 7.82. The van der Waals surface area contributed by atoms with Crippen molar-refractivity contribution in [3.63, 3.8) is 0 Å². The zero-order valence-corrected chi connectivity index (χ0v) is 13.0. The van der Waals surface area contributed by atoms with Gasteiger partial charge in [0.15, 0.2) is 0 Å². The van der Waals surface area contributed by atoms with Crippen LogP contribution in [0.25, 0.3) is 0 Å². The molecule has 0 saturated carbocycles. The Kier molecular flexibility index (Phi) is 4.48. The summed E-state index contributed by atoms with van der Waals surface area (Å²) < 4.78 is 14.2. The van der Waals surface area contributed by atoms with E-state index in [0.717, 1.165) is 19.5 Å². The molecule has 1 nitrogen and oxygen atoms in total. The normalized spacial score (nSPS) is 22.2. The minimum Gasteiger partial charge on any atom is -0.316 e. The Bertz CT molecular complexity index is 627. The van der Waals surface area contributed by atoms with Crippen molar-refractivity contribution in [2.24, 2.45) is 0 Å². The molecule has 0 radical (unpaired) electrons. The molecule has 1 aliphatic heterocycles. The third kappa shape index (κ3) is 3.23. The second-order valence-corrected chi connectivity index (χ2v) is 6.30. The van der Waals surface area contributed by atoms with E-state index in [-0.39, 0.29) is 17.7 Å². The van der Waals surface area contributed by atoms with E-state index in [1.54, 1.807) is 12.1 Å². The van der Waals surface area contributed by atoms with Crippen LogP contribution < -0.4 is 5.32 Å². The van der Waals surface area contributed by atoms with E-state index in [0.29, 0.717) is 15.6 Å². The lowest BCUT2D eigenvalue weighted by Crippen LogP contribution is -2.34. The number of hydrogen-bond donors (Lipinski definition) is 1. The highest BCUT2D eigenvalue weighted by Gasteiger charge is 2.29. The molecule has 1 saturated heterocycles. The molecular formula is C17H16Cl2FN. The molecule has 2 aromatic rings. The molecule has 0 amide bonds. The molecule has 3 rings (SSSR count). The number of halogens is 3. The standard InChI is InChI=1S/C17H16Cl2FN/c18-12-3-1-11(2-4-12)16-10-21-8-7-14(16)15-9-13(19)5-6-17(15)20/h1-6,9,14,16,21H,7-8,10H2. The highest BCUT2D eigenvalue weighted by molar-refractivity contribution is 6.30. The van der Waals surface area contributed by atoms with Crippen molar-refractivity contribution in [1.82, 2.24) is 5.32 Å². The summed E-state index contributed by atoms with van der Waals surface area (Å²) in [4.78, 5) is 0. The molecule has 2 unspecified atom stereocenters. The highest BCUT2D eigenvalue weighted by atomic mass is 35.5. The van der Waals surface area contributed by atoms with Crippen LogP contribution in [0.15, 0.2) is 42.5 Å². The van der Waals surface area contributed by atoms with Crippen molar-refractivity contribution in [2.75, 3.05) is 13.1 Å². The van der Waals surface area contributed by atoms with Gasteiger partial charge in [-0.2, -0.15) is 0 Å². The van der Waals surface area contributed by atoms with E-state index >= 15 is 0 Å². The van der Waals surface area contributed by atoms with Crippen molar-refractivity contribution in [3.05, 3.63) is 69.5 Å². The van der Waals surface area contributed by atoms with E-state index in [1.807, 2.05) is 24.3 Å². The molecule has 2 atom stereocenters. The van der Waals surface area contributed by atoms with Crippen LogP contribution in [-0.2, 0) is 0 Å². The lowest BCUT2D eigenvalue weighted by Gasteiger charge is -2.33. The van der Waals surface area contributed by atoms with Crippen molar-refractivity contribution < 1.29 is 4.39 Å². The van der Waals surface area contributed by atoms with Gasteiger partial charge in [-0.15, -0.1) is 0 Å². The van der Waals surface area contributed by atoms with Crippen LogP contribution in [0.5, 0.6) is 0 Å². The van der Waals surface area contributed by atoms with Crippen molar-refractivity contribution in [2.45, 2.75) is 18.3 Å². The molecule has 0 spiro atoms. The van der Waals surface area contributed by atoms with E-state index in [4.69, 9.17) is 23.2 Å². The van der Waals surface area contributed by atoms with Gasteiger partial charge in [0.05, 0.1) is 0 Å². The lowest BCUT2D eigenvalue weighted by molar-refractivity contribution is 0.393. The minimum atomic E-state index is -0.176. The van der Waals surface area contributed by atoms with E-state index < -0.39 is 0 Å². The fraction of sp³-hybridized carbons (Fsp3) is 0.294. The predicted molar refractivity (Wildman–Crippen MR) is 85.8 cm³/mol. The topological polar surface area (TPSA) is 12.0 Å². The largest absolute Gasteiger partial charge is 0.316 e. The third-order valence-electron chi connectivity index (χ3n) is 4.14. The van der Waals surface area contributed by atoms with Gasteiger partial charge >= 0.3 is 0 Å². The fourth-order valence-corrected chi connectivity index (χ4v) is 3.40. The molecule has 0 aromatic heterocycles. The summed E-state index contributed by atoms with van der Waals surface area (Å²) in [6.45, 7) is 1.72. The summed E-state index contributed by atoms with van der Waals surface area (Å²) in [5.41, 5.74) is 1.89. The maximum absolute atomic E-state index is 14.2. The number of benzene rings is 2. The first-order chi connectivity index (χ1) is 10.1. The van der Waals surface area contributed by atoms with Crippen molar-refractivity contribution >= 4 is 23.2 Å². The number of nitrogens with one attached hydrogen (secondary N) is 1. The Labute approximate surface area is 134 Å². The zero-order chi connectivity index (χ0) is 14.8. The maximum atomic E-state index is 14.2. The van der Waals surface area contributed by atoms with Crippen LogP contribution >= 0.6 is 23.2 Å². The quantitative estimate of drug-likeness (QED) is 0.820. The van der Waals surface area contributed by atoms with Crippen LogP contribution in [0.1, 0.15) is 29.4 Å². The van der Waals surface area contributed by atoms with Gasteiger partial charge in [-0.1, -0.05) is 35.3 Å². The SMILES string of the molecule is Fc1ccc(Cl)cc1C1CCNCC1c1ccc(Cl)cc1. The Hall–Kier alpha value is -1.09. The molecule has 1 heterocycles. The summed E-state index contributed by atoms with van der Waals surface area (Å²) in [7, 11) is 0. The molecular weight excluding hydrogens is 308 g/mol. The summed E-state index contributed by atoms with van der Waals surface area (Å²) >= 11 is 12.0. The predicted octanol–water partition coefficient (Wildman–Crippen LogP) is 4.99. The average molecular weight is 324 g/mol. The van der Waals surface area contributed by atoms with Gasteiger partial charge in [-0.05, 0) is 60.3 Å². The molecule has 1 fully saturated rings. The molecule has 4 heteroatoms. The van der Waals surface area contributed by atoms with E-state index in [1.165, 1.54) is 11.6 Å². The average Bonchev–Trinajstić information content (AvgIpc) is 2.51. The smallest absolute Gasteiger partial charge is 0.126 e. The van der Waals surface area contributed by atoms with Crippen molar-refractivity contribution in [1.29, 1.82) is 0 Å². The van der Waals surface area contributed by atoms with E-state index in [9.17, 15) is 4.39 Å². The highest BCUT2D eigenvalue weighted by Crippen LogP contribution is 2.39. The Morgan fingerprint density at radius 2 is 1.67 bits per heavy atom. The molecule has 0 bridgehead atoms. The maximum Gasteiger partial charge on any atom is 0.126 e. The Morgan fingerprint density at radius 1 is 0.952 bits per heavy atom. The van der Waals surface area contributed by atoms with E-state index in [2.05, 4.69) is 5.32 Å². The van der Waals surface area contributed by atoms with Crippen LogP contribution in [0.2, 0.25) is 10.0 Å². The minimum absolute atomic E-state index is 0.131. The fourth-order valence-electron chi connectivity index (χ4n) is 3.09. The second-order valence-electron chi connectivity index (χ2n) is 5.42. The first-order valence-electron chi connectivity index (χ1n) is 7.06. The number of rotatable bonds is 2. The molecule has 1 N–H and O–H groups in total. The van der Waals surface area contributed by atoms with Crippen LogP contribution in [0, 0.1) is 5.82 Å². The molecule has 0 aliphatic carbocycles. The summed E-state index contributed by atoms with van der Waals surface area (Å²) in [5, 5.41) is 4.69. The van der Waals surface area contributed by atoms with Crippen molar-refractivity contribution in [3.8, 4) is 0 Å². The Balaban J connectivity index is 1.98. The summed E-state index contributed by atoms with van der Waals surface area (Å²) in [6, 6.07) is 12.6. The van der Waals surface area contributed by atoms with Crippen LogP contribution in [0.4, 0.5) is 4.39 Å². The van der Waals surface area contributed by atoms with Gasteiger partial charge in [0.2, 0.25) is 0 Å². The molecule has 110 valence electrons. The monoisotopic (exact) mass is 323 g/mol.